The van der Waals surface area contributed by atoms with Gasteiger partial charge in [-0.2, -0.15) is 11.8 Å². The highest BCUT2D eigenvalue weighted by molar-refractivity contribution is 7.99. The van der Waals surface area contributed by atoms with Crippen LogP contribution in [0.2, 0.25) is 5.02 Å². The fourth-order valence-corrected chi connectivity index (χ4v) is 3.84. The van der Waals surface area contributed by atoms with Gasteiger partial charge in [0.05, 0.1) is 10.6 Å². The topological polar surface area (TPSA) is 49.3 Å². The molecule has 0 bridgehead atoms. The minimum Gasteiger partial charge on any atom is -0.478 e. The lowest BCUT2D eigenvalue weighted by Gasteiger charge is -2.35. The lowest BCUT2D eigenvalue weighted by molar-refractivity contribution is 0.0697. The number of thioether (sulfide) groups is 1. The SMILES string of the molecule is CC1(C)CSCC(Nc2ccc(Cl)c(C(=O)O)c2)C1. The average Bonchev–Trinajstić information content (AvgIpc) is 2.30. The molecule has 0 radical (unpaired) electrons. The average molecular weight is 300 g/mol. The molecule has 1 aliphatic rings. The van der Waals surface area contributed by atoms with Gasteiger partial charge in [-0.25, -0.2) is 4.79 Å². The number of hydrogen-bond acceptors (Lipinski definition) is 3. The molecule has 1 atom stereocenters. The normalized spacial score (nSPS) is 21.9. The first-order chi connectivity index (χ1) is 8.87. The molecule has 1 unspecified atom stereocenters. The molecule has 0 aliphatic carbocycles. The predicted molar refractivity (Wildman–Crippen MR) is 81.5 cm³/mol. The third kappa shape index (κ3) is 3.80. The maximum Gasteiger partial charge on any atom is 0.337 e. The quantitative estimate of drug-likeness (QED) is 0.886. The molecule has 0 amide bonds. The lowest BCUT2D eigenvalue weighted by atomic mass is 9.88. The second kappa shape index (κ2) is 5.63. The van der Waals surface area contributed by atoms with Gasteiger partial charge in [-0.05, 0) is 35.8 Å². The van der Waals surface area contributed by atoms with Crippen molar-refractivity contribution in [2.45, 2.75) is 26.3 Å². The largest absolute Gasteiger partial charge is 0.478 e. The van der Waals surface area contributed by atoms with E-state index in [4.69, 9.17) is 16.7 Å². The molecule has 1 saturated heterocycles. The summed E-state index contributed by atoms with van der Waals surface area (Å²) in [5, 5.41) is 12.8. The molecule has 1 aliphatic heterocycles. The van der Waals surface area contributed by atoms with Crippen LogP contribution in [0.25, 0.3) is 0 Å². The second-order valence-electron chi connectivity index (χ2n) is 5.72. The Morgan fingerprint density at radius 2 is 2.26 bits per heavy atom. The molecule has 0 saturated carbocycles. The molecular formula is C14H18ClNO2S. The van der Waals surface area contributed by atoms with E-state index in [0.717, 1.165) is 17.9 Å². The Labute approximate surface area is 122 Å². The Hall–Kier alpha value is -0.870. The predicted octanol–water partition coefficient (Wildman–Crippen LogP) is 3.98. The monoisotopic (exact) mass is 299 g/mol. The van der Waals surface area contributed by atoms with Gasteiger partial charge in [0.25, 0.3) is 0 Å². The Morgan fingerprint density at radius 3 is 2.89 bits per heavy atom. The molecule has 0 spiro atoms. The zero-order chi connectivity index (χ0) is 14.0. The molecule has 19 heavy (non-hydrogen) atoms. The smallest absolute Gasteiger partial charge is 0.337 e. The van der Waals surface area contributed by atoms with Gasteiger partial charge in [-0.3, -0.25) is 0 Å². The maximum absolute atomic E-state index is 11.1. The van der Waals surface area contributed by atoms with Crippen LogP contribution in [0.15, 0.2) is 18.2 Å². The number of nitrogens with one attached hydrogen (secondary N) is 1. The summed E-state index contributed by atoms with van der Waals surface area (Å²) in [5.74, 6) is 1.23. The molecular weight excluding hydrogens is 282 g/mol. The third-order valence-electron chi connectivity index (χ3n) is 3.18. The van der Waals surface area contributed by atoms with Crippen LogP contribution in [0, 0.1) is 5.41 Å². The number of halogens is 1. The van der Waals surface area contributed by atoms with Gasteiger partial charge in [0, 0.05) is 17.5 Å². The summed E-state index contributed by atoms with van der Waals surface area (Å²) in [6.45, 7) is 4.52. The van der Waals surface area contributed by atoms with Gasteiger partial charge >= 0.3 is 5.97 Å². The van der Waals surface area contributed by atoms with E-state index in [9.17, 15) is 4.79 Å². The molecule has 2 rings (SSSR count). The summed E-state index contributed by atoms with van der Waals surface area (Å²) < 4.78 is 0. The summed E-state index contributed by atoms with van der Waals surface area (Å²) in [7, 11) is 0. The molecule has 1 fully saturated rings. The van der Waals surface area contributed by atoms with E-state index in [0.29, 0.717) is 11.5 Å². The number of rotatable bonds is 3. The lowest BCUT2D eigenvalue weighted by Crippen LogP contribution is -2.35. The van der Waals surface area contributed by atoms with Crippen molar-refractivity contribution in [3.05, 3.63) is 28.8 Å². The number of aromatic carboxylic acids is 1. The number of carbonyl (C=O) groups is 1. The van der Waals surface area contributed by atoms with Crippen LogP contribution in [0.5, 0.6) is 0 Å². The summed E-state index contributed by atoms with van der Waals surface area (Å²) in [5.41, 5.74) is 1.29. The van der Waals surface area contributed by atoms with Crippen LogP contribution in [-0.4, -0.2) is 28.6 Å². The van der Waals surface area contributed by atoms with Crippen molar-refractivity contribution in [3.8, 4) is 0 Å². The number of carboxylic acids is 1. The van der Waals surface area contributed by atoms with E-state index in [-0.39, 0.29) is 10.6 Å². The van der Waals surface area contributed by atoms with Gasteiger partial charge in [-0.1, -0.05) is 25.4 Å². The number of benzene rings is 1. The van der Waals surface area contributed by atoms with Crippen molar-refractivity contribution in [2.75, 3.05) is 16.8 Å². The number of hydrogen-bond donors (Lipinski definition) is 2. The van der Waals surface area contributed by atoms with Crippen molar-refractivity contribution in [2.24, 2.45) is 5.41 Å². The molecule has 104 valence electrons. The van der Waals surface area contributed by atoms with Crippen molar-refractivity contribution in [1.82, 2.24) is 0 Å². The third-order valence-corrected chi connectivity index (χ3v) is 5.13. The van der Waals surface area contributed by atoms with Crippen LogP contribution in [-0.2, 0) is 0 Å². The van der Waals surface area contributed by atoms with Crippen LogP contribution >= 0.6 is 23.4 Å². The highest BCUT2D eigenvalue weighted by Gasteiger charge is 2.28. The second-order valence-corrected chi connectivity index (χ2v) is 7.16. The highest BCUT2D eigenvalue weighted by atomic mass is 35.5. The summed E-state index contributed by atoms with van der Waals surface area (Å²) in [6.07, 6.45) is 1.09. The molecule has 1 aromatic carbocycles. The van der Waals surface area contributed by atoms with Gasteiger partial charge in [-0.15, -0.1) is 0 Å². The van der Waals surface area contributed by atoms with Crippen LogP contribution in [0.4, 0.5) is 5.69 Å². The first-order valence-corrected chi connectivity index (χ1v) is 7.78. The summed E-state index contributed by atoms with van der Waals surface area (Å²) >= 11 is 7.80. The zero-order valence-corrected chi connectivity index (χ0v) is 12.6. The Bertz CT molecular complexity index is 490. The Kier molecular flexibility index (Phi) is 4.31. The van der Waals surface area contributed by atoms with Gasteiger partial charge in [0.2, 0.25) is 0 Å². The van der Waals surface area contributed by atoms with E-state index in [1.807, 2.05) is 17.8 Å². The fraction of sp³-hybridized carbons (Fsp3) is 0.500. The maximum atomic E-state index is 11.1. The summed E-state index contributed by atoms with van der Waals surface area (Å²) in [6, 6.07) is 5.45. The molecule has 1 aromatic rings. The number of anilines is 1. The first-order valence-electron chi connectivity index (χ1n) is 6.24. The summed E-state index contributed by atoms with van der Waals surface area (Å²) in [4.78, 5) is 11.1. The molecule has 2 N–H and O–H groups in total. The van der Waals surface area contributed by atoms with Crippen LogP contribution in [0.1, 0.15) is 30.6 Å². The molecule has 3 nitrogen and oxygen atoms in total. The fourth-order valence-electron chi connectivity index (χ4n) is 2.37. The molecule has 5 heteroatoms. The van der Waals surface area contributed by atoms with Crippen molar-refractivity contribution < 1.29 is 9.90 Å². The van der Waals surface area contributed by atoms with Crippen molar-refractivity contribution in [1.29, 1.82) is 0 Å². The van der Waals surface area contributed by atoms with E-state index in [2.05, 4.69) is 19.2 Å². The van der Waals surface area contributed by atoms with Crippen molar-refractivity contribution in [3.63, 3.8) is 0 Å². The van der Waals surface area contributed by atoms with Crippen LogP contribution in [0.3, 0.4) is 0 Å². The standard InChI is InChI=1S/C14H18ClNO2S/c1-14(2)6-10(7-19-8-14)16-9-3-4-12(15)11(5-9)13(17)18/h3-5,10,16H,6-8H2,1-2H3,(H,17,18). The Balaban J connectivity index is 2.11. The minimum atomic E-state index is -0.994. The Morgan fingerprint density at radius 1 is 1.53 bits per heavy atom. The van der Waals surface area contributed by atoms with Gasteiger partial charge < -0.3 is 10.4 Å². The van der Waals surface area contributed by atoms with Gasteiger partial charge in [0.15, 0.2) is 0 Å². The van der Waals surface area contributed by atoms with E-state index in [1.54, 1.807) is 12.1 Å². The molecule has 1 heterocycles. The number of carboxylic acid groups (broad SMARTS) is 1. The van der Waals surface area contributed by atoms with E-state index >= 15 is 0 Å². The first kappa shape index (κ1) is 14.5. The van der Waals surface area contributed by atoms with Crippen molar-refractivity contribution >= 4 is 35.0 Å². The van der Waals surface area contributed by atoms with E-state index in [1.165, 1.54) is 5.75 Å². The van der Waals surface area contributed by atoms with Gasteiger partial charge in [0.1, 0.15) is 0 Å². The highest BCUT2D eigenvalue weighted by Crippen LogP contribution is 2.35. The van der Waals surface area contributed by atoms with E-state index < -0.39 is 5.97 Å². The zero-order valence-electron chi connectivity index (χ0n) is 11.1. The molecule has 0 aromatic heterocycles. The van der Waals surface area contributed by atoms with Crippen LogP contribution < -0.4 is 5.32 Å². The minimum absolute atomic E-state index is 0.148.